The molecule has 3 heterocycles. The highest BCUT2D eigenvalue weighted by Crippen LogP contribution is 2.37. The number of aryl methyl sites for hydroxylation is 1. The van der Waals surface area contributed by atoms with Gasteiger partial charge in [-0.25, -0.2) is 0 Å². The predicted molar refractivity (Wildman–Crippen MR) is 114 cm³/mol. The molecule has 7 nitrogen and oxygen atoms in total. The summed E-state index contributed by atoms with van der Waals surface area (Å²) < 4.78 is 5.30. The van der Waals surface area contributed by atoms with Gasteiger partial charge in [0.1, 0.15) is 23.1 Å². The van der Waals surface area contributed by atoms with Crippen molar-refractivity contribution in [2.24, 2.45) is 0 Å². The third kappa shape index (κ3) is 3.02. The lowest BCUT2D eigenvalue weighted by Crippen LogP contribution is -2.44. The van der Waals surface area contributed by atoms with Gasteiger partial charge in [0.25, 0.3) is 5.91 Å². The van der Waals surface area contributed by atoms with Gasteiger partial charge in [0.2, 0.25) is 5.91 Å². The largest absolute Gasteiger partial charge is 0.360 e. The van der Waals surface area contributed by atoms with Crippen molar-refractivity contribution in [2.45, 2.75) is 25.4 Å². The van der Waals surface area contributed by atoms with E-state index in [1.165, 1.54) is 0 Å². The van der Waals surface area contributed by atoms with E-state index in [0.29, 0.717) is 40.6 Å². The summed E-state index contributed by atoms with van der Waals surface area (Å²) in [5.41, 5.74) is 3.17. The van der Waals surface area contributed by atoms with Crippen molar-refractivity contribution >= 4 is 34.8 Å². The van der Waals surface area contributed by atoms with Crippen molar-refractivity contribution in [1.29, 1.82) is 0 Å². The van der Waals surface area contributed by atoms with Crippen LogP contribution in [-0.4, -0.2) is 35.6 Å². The summed E-state index contributed by atoms with van der Waals surface area (Å²) in [6.45, 7) is 2.25. The smallest absolute Gasteiger partial charge is 0.257 e. The van der Waals surface area contributed by atoms with Crippen molar-refractivity contribution < 1.29 is 14.1 Å². The number of hydrogen-bond donors (Lipinski definition) is 2. The van der Waals surface area contributed by atoms with Crippen LogP contribution < -0.4 is 15.5 Å². The van der Waals surface area contributed by atoms with Crippen LogP contribution in [0.1, 0.15) is 22.5 Å². The van der Waals surface area contributed by atoms with Crippen LogP contribution in [0.4, 0.5) is 11.4 Å². The van der Waals surface area contributed by atoms with E-state index < -0.39 is 0 Å². The fourth-order valence-corrected chi connectivity index (χ4v) is 4.46. The highest BCUT2D eigenvalue weighted by Gasteiger charge is 2.41. The first-order chi connectivity index (χ1) is 14.5. The Labute approximate surface area is 178 Å². The topological polar surface area (TPSA) is 87.5 Å². The number of carbonyl (C=O) groups is 2. The molecular formula is C22H19ClN4O3. The van der Waals surface area contributed by atoms with Crippen molar-refractivity contribution in [3.63, 3.8) is 0 Å². The SMILES string of the molecule is Cc1onc(-c2ccccc2Cl)c1C(=O)N[C@H]1C[C@@H]2C(=O)Nc3ccccc3N2C1. The number of nitrogens with zero attached hydrogens (tertiary/aromatic N) is 2. The Kier molecular flexibility index (Phi) is 4.47. The summed E-state index contributed by atoms with van der Waals surface area (Å²) in [6.07, 6.45) is 0.525. The van der Waals surface area contributed by atoms with Crippen LogP contribution >= 0.6 is 11.6 Å². The first-order valence-corrected chi connectivity index (χ1v) is 10.1. The maximum absolute atomic E-state index is 13.1. The summed E-state index contributed by atoms with van der Waals surface area (Å²) in [4.78, 5) is 27.7. The molecule has 1 saturated heterocycles. The van der Waals surface area contributed by atoms with E-state index in [4.69, 9.17) is 16.1 Å². The van der Waals surface area contributed by atoms with Crippen LogP contribution in [0.2, 0.25) is 5.02 Å². The van der Waals surface area contributed by atoms with Gasteiger partial charge in [0.15, 0.2) is 0 Å². The fraction of sp³-hybridized carbons (Fsp3) is 0.227. The molecule has 0 saturated carbocycles. The third-order valence-corrected chi connectivity index (χ3v) is 5.96. The van der Waals surface area contributed by atoms with Gasteiger partial charge in [-0.1, -0.05) is 47.1 Å². The minimum Gasteiger partial charge on any atom is -0.360 e. The number of nitrogens with one attached hydrogen (secondary N) is 2. The van der Waals surface area contributed by atoms with Crippen LogP contribution in [0.5, 0.6) is 0 Å². The van der Waals surface area contributed by atoms with Crippen molar-refractivity contribution in [3.05, 3.63) is 64.9 Å². The number of fused-ring (bicyclic) bond motifs is 3. The summed E-state index contributed by atoms with van der Waals surface area (Å²) in [7, 11) is 0. The molecule has 30 heavy (non-hydrogen) atoms. The fourth-order valence-electron chi connectivity index (χ4n) is 4.24. The molecule has 1 fully saturated rings. The molecule has 0 unspecified atom stereocenters. The maximum atomic E-state index is 13.1. The molecule has 1 aromatic heterocycles. The number of amides is 2. The standard InChI is InChI=1S/C22H19ClN4O3/c1-12-19(20(26-30-12)14-6-2-3-7-15(14)23)22(29)24-13-10-18-21(28)25-16-8-4-5-9-17(16)27(18)11-13/h2-9,13,18H,10-11H2,1H3,(H,24,29)(H,25,28)/t13-,18+/m0/s1. The Balaban J connectivity index is 1.40. The number of carbonyl (C=O) groups excluding carboxylic acids is 2. The molecular weight excluding hydrogens is 404 g/mol. The van der Waals surface area contributed by atoms with Gasteiger partial charge < -0.3 is 20.1 Å². The molecule has 8 heteroatoms. The Morgan fingerprint density at radius 3 is 2.83 bits per heavy atom. The monoisotopic (exact) mass is 422 g/mol. The van der Waals surface area contributed by atoms with Gasteiger partial charge in [0, 0.05) is 18.2 Å². The maximum Gasteiger partial charge on any atom is 0.257 e. The number of benzene rings is 2. The molecule has 2 aromatic carbocycles. The second-order valence-electron chi connectivity index (χ2n) is 7.52. The zero-order valence-corrected chi connectivity index (χ0v) is 16.9. The van der Waals surface area contributed by atoms with Crippen LogP contribution in [0.3, 0.4) is 0 Å². The Morgan fingerprint density at radius 2 is 2.00 bits per heavy atom. The molecule has 0 spiro atoms. The van der Waals surface area contributed by atoms with E-state index >= 15 is 0 Å². The first-order valence-electron chi connectivity index (χ1n) is 9.71. The lowest BCUT2D eigenvalue weighted by atomic mass is 10.0. The summed E-state index contributed by atoms with van der Waals surface area (Å²) in [5.74, 6) is 0.0757. The molecule has 152 valence electrons. The number of aromatic nitrogens is 1. The van der Waals surface area contributed by atoms with Crippen LogP contribution in [-0.2, 0) is 4.79 Å². The minimum atomic E-state index is -0.309. The molecule has 2 aliphatic rings. The normalized spacial score (nSPS) is 19.8. The summed E-state index contributed by atoms with van der Waals surface area (Å²) in [5, 5.41) is 10.6. The molecule has 0 radical (unpaired) electrons. The van der Waals surface area contributed by atoms with Crippen molar-refractivity contribution in [3.8, 4) is 11.3 Å². The quantitative estimate of drug-likeness (QED) is 0.673. The second kappa shape index (κ2) is 7.18. The predicted octanol–water partition coefficient (Wildman–Crippen LogP) is 3.63. The Bertz CT molecular complexity index is 1160. The van der Waals surface area contributed by atoms with E-state index in [1.807, 2.05) is 36.4 Å². The number of rotatable bonds is 3. The first kappa shape index (κ1) is 18.7. The van der Waals surface area contributed by atoms with E-state index in [1.54, 1.807) is 19.1 Å². The highest BCUT2D eigenvalue weighted by atomic mass is 35.5. The van der Waals surface area contributed by atoms with Crippen LogP contribution in [0.25, 0.3) is 11.3 Å². The van der Waals surface area contributed by atoms with E-state index in [0.717, 1.165) is 11.4 Å². The number of anilines is 2. The minimum absolute atomic E-state index is 0.0524. The van der Waals surface area contributed by atoms with Gasteiger partial charge >= 0.3 is 0 Å². The zero-order valence-electron chi connectivity index (χ0n) is 16.2. The van der Waals surface area contributed by atoms with E-state index in [-0.39, 0.29) is 23.9 Å². The molecule has 2 amide bonds. The van der Waals surface area contributed by atoms with Crippen molar-refractivity contribution in [2.75, 3.05) is 16.8 Å². The van der Waals surface area contributed by atoms with Gasteiger partial charge in [-0.05, 0) is 31.5 Å². The highest BCUT2D eigenvalue weighted by molar-refractivity contribution is 6.33. The molecule has 0 bridgehead atoms. The van der Waals surface area contributed by atoms with E-state index in [9.17, 15) is 9.59 Å². The van der Waals surface area contributed by atoms with Gasteiger partial charge in [0.05, 0.1) is 16.4 Å². The van der Waals surface area contributed by atoms with Gasteiger partial charge in [-0.2, -0.15) is 0 Å². The number of halogens is 1. The number of hydrogen-bond acceptors (Lipinski definition) is 5. The lowest BCUT2D eigenvalue weighted by Gasteiger charge is -2.32. The van der Waals surface area contributed by atoms with Crippen molar-refractivity contribution in [1.82, 2.24) is 10.5 Å². The van der Waals surface area contributed by atoms with Crippen LogP contribution in [0.15, 0.2) is 53.1 Å². The second-order valence-corrected chi connectivity index (χ2v) is 7.93. The van der Waals surface area contributed by atoms with Crippen LogP contribution in [0, 0.1) is 6.92 Å². The third-order valence-electron chi connectivity index (χ3n) is 5.63. The summed E-state index contributed by atoms with van der Waals surface area (Å²) >= 11 is 6.30. The molecule has 0 aliphatic carbocycles. The Hall–Kier alpha value is -3.32. The molecule has 3 aromatic rings. The molecule has 2 N–H and O–H groups in total. The van der Waals surface area contributed by atoms with Gasteiger partial charge in [-0.3, -0.25) is 9.59 Å². The van der Waals surface area contributed by atoms with E-state index in [2.05, 4.69) is 20.7 Å². The number of para-hydroxylation sites is 2. The molecule has 2 aliphatic heterocycles. The zero-order chi connectivity index (χ0) is 20.8. The lowest BCUT2D eigenvalue weighted by molar-refractivity contribution is -0.117. The molecule has 5 rings (SSSR count). The Morgan fingerprint density at radius 1 is 1.23 bits per heavy atom. The average Bonchev–Trinajstić information content (AvgIpc) is 3.32. The summed E-state index contributed by atoms with van der Waals surface area (Å²) in [6, 6.07) is 14.4. The molecule has 2 atom stereocenters. The average molecular weight is 423 g/mol. The van der Waals surface area contributed by atoms with Gasteiger partial charge in [-0.15, -0.1) is 0 Å².